The topological polar surface area (TPSA) is 17.1 Å². The first kappa shape index (κ1) is 10.6. The van der Waals surface area contributed by atoms with E-state index < -0.39 is 0 Å². The molecule has 0 N–H and O–H groups in total. The standard InChI is InChI=1S/C11H16OS2/c1-3-9-7-11(10(12)8(9)2)13-5-4-6-14-11/h3-7H2,1-2H3. The van der Waals surface area contributed by atoms with Crippen LogP contribution in [0.2, 0.25) is 0 Å². The molecule has 0 unspecified atom stereocenters. The summed E-state index contributed by atoms with van der Waals surface area (Å²) in [5.74, 6) is 2.72. The number of rotatable bonds is 1. The number of carbonyl (C=O) groups excluding carboxylic acids is 1. The van der Waals surface area contributed by atoms with Gasteiger partial charge in [-0.15, -0.1) is 23.5 Å². The van der Waals surface area contributed by atoms with Crippen LogP contribution in [0.4, 0.5) is 0 Å². The first-order valence-corrected chi connectivity index (χ1v) is 7.18. The lowest BCUT2D eigenvalue weighted by molar-refractivity contribution is -0.115. The maximum atomic E-state index is 12.2. The van der Waals surface area contributed by atoms with E-state index >= 15 is 0 Å². The van der Waals surface area contributed by atoms with Gasteiger partial charge in [-0.25, -0.2) is 0 Å². The molecular weight excluding hydrogens is 212 g/mol. The van der Waals surface area contributed by atoms with Gasteiger partial charge in [-0.1, -0.05) is 12.5 Å². The summed E-state index contributed by atoms with van der Waals surface area (Å²) in [7, 11) is 0. The molecule has 0 saturated carbocycles. The summed E-state index contributed by atoms with van der Waals surface area (Å²) in [5, 5.41) is 0. The zero-order valence-electron chi connectivity index (χ0n) is 8.76. The van der Waals surface area contributed by atoms with E-state index in [9.17, 15) is 4.79 Å². The summed E-state index contributed by atoms with van der Waals surface area (Å²) in [4.78, 5) is 12.2. The third kappa shape index (κ3) is 1.54. The van der Waals surface area contributed by atoms with E-state index in [1.165, 1.54) is 12.0 Å². The fourth-order valence-corrected chi connectivity index (χ4v) is 5.51. The molecule has 0 bridgehead atoms. The second kappa shape index (κ2) is 3.93. The van der Waals surface area contributed by atoms with Crippen LogP contribution in [-0.4, -0.2) is 21.4 Å². The summed E-state index contributed by atoms with van der Waals surface area (Å²) in [5.41, 5.74) is 2.44. The normalized spacial score (nSPS) is 26.3. The van der Waals surface area contributed by atoms with Gasteiger partial charge in [0, 0.05) is 6.42 Å². The van der Waals surface area contributed by atoms with Crippen LogP contribution < -0.4 is 0 Å². The Morgan fingerprint density at radius 1 is 1.36 bits per heavy atom. The summed E-state index contributed by atoms with van der Waals surface area (Å²) in [6.45, 7) is 4.16. The molecule has 0 atom stereocenters. The van der Waals surface area contributed by atoms with Crippen LogP contribution in [0.5, 0.6) is 0 Å². The van der Waals surface area contributed by atoms with E-state index in [-0.39, 0.29) is 4.08 Å². The number of Topliss-reactive ketones (excluding diaryl/α,β-unsaturated/α-hetero) is 1. The Labute approximate surface area is 94.1 Å². The molecule has 2 aliphatic rings. The van der Waals surface area contributed by atoms with E-state index in [1.54, 1.807) is 0 Å². The number of hydrogen-bond donors (Lipinski definition) is 0. The van der Waals surface area contributed by atoms with Gasteiger partial charge in [-0.05, 0) is 36.8 Å². The minimum atomic E-state index is -0.103. The Bertz CT molecular complexity index is 288. The highest BCUT2D eigenvalue weighted by atomic mass is 32.2. The van der Waals surface area contributed by atoms with Crippen molar-refractivity contribution in [2.75, 3.05) is 11.5 Å². The Morgan fingerprint density at radius 3 is 2.50 bits per heavy atom. The van der Waals surface area contributed by atoms with Gasteiger partial charge in [0.25, 0.3) is 0 Å². The van der Waals surface area contributed by atoms with Gasteiger partial charge in [-0.2, -0.15) is 0 Å². The van der Waals surface area contributed by atoms with Crippen LogP contribution in [0, 0.1) is 0 Å². The van der Waals surface area contributed by atoms with Crippen molar-refractivity contribution >= 4 is 29.3 Å². The van der Waals surface area contributed by atoms with Crippen LogP contribution in [0.25, 0.3) is 0 Å². The van der Waals surface area contributed by atoms with E-state index in [0.29, 0.717) is 5.78 Å². The smallest absolute Gasteiger partial charge is 0.184 e. The number of hydrogen-bond acceptors (Lipinski definition) is 3. The Hall–Kier alpha value is 0.110. The number of ketones is 1. The summed E-state index contributed by atoms with van der Waals surface area (Å²) in [6.07, 6.45) is 3.30. The molecule has 0 radical (unpaired) electrons. The predicted octanol–water partition coefficient (Wildman–Crippen LogP) is 3.25. The van der Waals surface area contributed by atoms with Crippen molar-refractivity contribution < 1.29 is 4.79 Å². The van der Waals surface area contributed by atoms with Crippen molar-refractivity contribution in [2.45, 2.75) is 37.2 Å². The maximum Gasteiger partial charge on any atom is 0.184 e. The first-order valence-electron chi connectivity index (χ1n) is 5.21. The van der Waals surface area contributed by atoms with Gasteiger partial charge in [0.15, 0.2) is 5.78 Å². The van der Waals surface area contributed by atoms with Crippen LogP contribution in [-0.2, 0) is 4.79 Å². The van der Waals surface area contributed by atoms with Gasteiger partial charge in [0.1, 0.15) is 4.08 Å². The molecule has 0 amide bonds. The number of carbonyl (C=O) groups is 1. The lowest BCUT2D eigenvalue weighted by Gasteiger charge is -2.30. The molecule has 1 spiro atoms. The van der Waals surface area contributed by atoms with Crippen molar-refractivity contribution in [1.82, 2.24) is 0 Å². The molecule has 1 aliphatic carbocycles. The Morgan fingerprint density at radius 2 is 2.00 bits per heavy atom. The van der Waals surface area contributed by atoms with Crippen molar-refractivity contribution in [3.05, 3.63) is 11.1 Å². The maximum absolute atomic E-state index is 12.2. The summed E-state index contributed by atoms with van der Waals surface area (Å²) < 4.78 is -0.103. The molecule has 1 heterocycles. The molecule has 2 rings (SSSR count). The second-order valence-electron chi connectivity index (χ2n) is 3.89. The van der Waals surface area contributed by atoms with Crippen molar-refractivity contribution in [3.8, 4) is 0 Å². The van der Waals surface area contributed by atoms with E-state index in [4.69, 9.17) is 0 Å². The number of allylic oxidation sites excluding steroid dienone is 2. The molecule has 1 aliphatic heterocycles. The lowest BCUT2D eigenvalue weighted by atomic mass is 10.1. The number of thioether (sulfide) groups is 2. The first-order chi connectivity index (χ1) is 6.69. The summed E-state index contributed by atoms with van der Waals surface area (Å²) >= 11 is 3.75. The highest BCUT2D eigenvalue weighted by molar-refractivity contribution is 8.20. The Balaban J connectivity index is 2.22. The van der Waals surface area contributed by atoms with Crippen molar-refractivity contribution in [1.29, 1.82) is 0 Å². The zero-order chi connectivity index (χ0) is 10.2. The van der Waals surface area contributed by atoms with Crippen molar-refractivity contribution in [2.24, 2.45) is 0 Å². The molecule has 0 aromatic rings. The van der Waals surface area contributed by atoms with Gasteiger partial charge in [0.2, 0.25) is 0 Å². The van der Waals surface area contributed by atoms with Gasteiger partial charge < -0.3 is 0 Å². The van der Waals surface area contributed by atoms with E-state index in [2.05, 4.69) is 6.92 Å². The highest BCUT2D eigenvalue weighted by Crippen LogP contribution is 2.52. The third-order valence-corrected chi connectivity index (χ3v) is 6.33. The Kier molecular flexibility index (Phi) is 2.98. The molecule has 3 heteroatoms. The SMILES string of the molecule is CCC1=C(C)C(=O)C2(C1)SCCCS2. The average Bonchev–Trinajstić information content (AvgIpc) is 2.45. The van der Waals surface area contributed by atoms with Gasteiger partial charge >= 0.3 is 0 Å². The quantitative estimate of drug-likeness (QED) is 0.686. The van der Waals surface area contributed by atoms with Gasteiger partial charge in [-0.3, -0.25) is 4.79 Å². The molecule has 1 saturated heterocycles. The minimum Gasteiger partial charge on any atom is -0.292 e. The fraction of sp³-hybridized carbons (Fsp3) is 0.727. The van der Waals surface area contributed by atoms with Crippen LogP contribution >= 0.6 is 23.5 Å². The predicted molar refractivity (Wildman–Crippen MR) is 64.9 cm³/mol. The summed E-state index contributed by atoms with van der Waals surface area (Å²) in [6, 6.07) is 0. The van der Waals surface area contributed by atoms with Crippen LogP contribution in [0.3, 0.4) is 0 Å². The largest absolute Gasteiger partial charge is 0.292 e. The zero-order valence-corrected chi connectivity index (χ0v) is 10.4. The van der Waals surface area contributed by atoms with Crippen molar-refractivity contribution in [3.63, 3.8) is 0 Å². The molecule has 0 aromatic heterocycles. The van der Waals surface area contributed by atoms with E-state index in [1.807, 2.05) is 30.4 Å². The monoisotopic (exact) mass is 228 g/mol. The molecule has 1 nitrogen and oxygen atoms in total. The average molecular weight is 228 g/mol. The lowest BCUT2D eigenvalue weighted by Crippen LogP contribution is -2.31. The van der Waals surface area contributed by atoms with Crippen LogP contribution in [0.15, 0.2) is 11.1 Å². The minimum absolute atomic E-state index is 0.103. The second-order valence-corrected chi connectivity index (χ2v) is 6.94. The molecule has 1 fully saturated rings. The highest BCUT2D eigenvalue weighted by Gasteiger charge is 2.46. The van der Waals surface area contributed by atoms with Gasteiger partial charge in [0.05, 0.1) is 0 Å². The molecular formula is C11H16OS2. The van der Waals surface area contributed by atoms with E-state index in [0.717, 1.165) is 29.9 Å². The van der Waals surface area contributed by atoms with Crippen LogP contribution in [0.1, 0.15) is 33.1 Å². The third-order valence-electron chi connectivity index (χ3n) is 3.05. The molecule has 78 valence electrons. The molecule has 0 aromatic carbocycles. The fourth-order valence-electron chi connectivity index (χ4n) is 2.14. The molecule has 14 heavy (non-hydrogen) atoms.